The van der Waals surface area contributed by atoms with Gasteiger partial charge in [0.15, 0.2) is 5.82 Å². The first-order valence-electron chi connectivity index (χ1n) is 6.19. The minimum Gasteiger partial charge on any atom is -0.391 e. The van der Waals surface area contributed by atoms with Crippen molar-refractivity contribution in [3.05, 3.63) is 41.8 Å². The standard InChI is InChI=1S/C13H13FN2O2S2/c14-9-3-1-2-4-11(9)20-7-12-15-13(18-16-12)8-5-19-6-10(8)17/h1-4,8,10,17H,5-7H2. The Morgan fingerprint density at radius 3 is 3.00 bits per heavy atom. The van der Waals surface area contributed by atoms with Crippen molar-refractivity contribution in [1.82, 2.24) is 10.1 Å². The van der Waals surface area contributed by atoms with Gasteiger partial charge in [0.25, 0.3) is 0 Å². The molecule has 2 heterocycles. The number of nitrogens with zero attached hydrogens (tertiary/aromatic N) is 2. The number of rotatable bonds is 4. The lowest BCUT2D eigenvalue weighted by Crippen LogP contribution is -2.15. The molecule has 1 aliphatic rings. The van der Waals surface area contributed by atoms with E-state index in [0.29, 0.717) is 28.1 Å². The third-order valence-electron chi connectivity index (χ3n) is 3.04. The first-order chi connectivity index (χ1) is 9.74. The Balaban J connectivity index is 1.64. The number of hydrogen-bond donors (Lipinski definition) is 1. The molecule has 2 aromatic rings. The largest absolute Gasteiger partial charge is 0.391 e. The number of aliphatic hydroxyl groups is 1. The van der Waals surface area contributed by atoms with E-state index in [-0.39, 0.29) is 11.7 Å². The fourth-order valence-corrected chi connectivity index (χ4v) is 3.97. The fraction of sp³-hybridized carbons (Fsp3) is 0.385. The first-order valence-corrected chi connectivity index (χ1v) is 8.33. The number of benzene rings is 1. The van der Waals surface area contributed by atoms with Gasteiger partial charge in [-0.1, -0.05) is 17.3 Å². The third-order valence-corrected chi connectivity index (χ3v) is 5.26. The maximum atomic E-state index is 13.5. The number of aliphatic hydroxyl groups excluding tert-OH is 1. The summed E-state index contributed by atoms with van der Waals surface area (Å²) in [5, 5.41) is 13.7. The molecular weight excluding hydrogens is 299 g/mol. The van der Waals surface area contributed by atoms with Crippen LogP contribution in [0.2, 0.25) is 0 Å². The molecule has 1 N–H and O–H groups in total. The molecule has 1 fully saturated rings. The Morgan fingerprint density at radius 1 is 1.40 bits per heavy atom. The van der Waals surface area contributed by atoms with E-state index in [1.807, 2.05) is 0 Å². The lowest BCUT2D eigenvalue weighted by Gasteiger charge is -2.06. The quantitative estimate of drug-likeness (QED) is 0.876. The molecule has 106 valence electrons. The van der Waals surface area contributed by atoms with Gasteiger partial charge in [-0.25, -0.2) is 4.39 Å². The normalized spacial score (nSPS) is 22.3. The molecule has 2 atom stereocenters. The molecule has 1 aromatic carbocycles. The number of aromatic nitrogens is 2. The second kappa shape index (κ2) is 6.15. The van der Waals surface area contributed by atoms with Crippen LogP contribution in [0, 0.1) is 5.82 Å². The molecule has 7 heteroatoms. The van der Waals surface area contributed by atoms with Crippen LogP contribution in [0.15, 0.2) is 33.7 Å². The van der Waals surface area contributed by atoms with Crippen molar-refractivity contribution in [3.63, 3.8) is 0 Å². The molecule has 4 nitrogen and oxygen atoms in total. The van der Waals surface area contributed by atoms with Crippen molar-refractivity contribution < 1.29 is 14.0 Å². The molecule has 0 amide bonds. The molecule has 0 aliphatic carbocycles. The van der Waals surface area contributed by atoms with Crippen LogP contribution in [0.1, 0.15) is 17.6 Å². The van der Waals surface area contributed by atoms with Crippen LogP contribution in [-0.2, 0) is 5.75 Å². The van der Waals surface area contributed by atoms with Crippen LogP contribution in [0.25, 0.3) is 0 Å². The van der Waals surface area contributed by atoms with Gasteiger partial charge in [0.05, 0.1) is 17.8 Å². The molecular formula is C13H13FN2O2S2. The maximum Gasteiger partial charge on any atom is 0.233 e. The van der Waals surface area contributed by atoms with E-state index >= 15 is 0 Å². The zero-order chi connectivity index (χ0) is 13.9. The van der Waals surface area contributed by atoms with E-state index in [9.17, 15) is 9.50 Å². The van der Waals surface area contributed by atoms with E-state index < -0.39 is 6.10 Å². The lowest BCUT2D eigenvalue weighted by molar-refractivity contribution is 0.164. The van der Waals surface area contributed by atoms with Crippen molar-refractivity contribution in [1.29, 1.82) is 0 Å². The Hall–Kier alpha value is -1.05. The summed E-state index contributed by atoms with van der Waals surface area (Å²) in [6.45, 7) is 0. The lowest BCUT2D eigenvalue weighted by atomic mass is 10.1. The van der Waals surface area contributed by atoms with Crippen molar-refractivity contribution in [2.45, 2.75) is 22.7 Å². The summed E-state index contributed by atoms with van der Waals surface area (Å²) < 4.78 is 18.7. The van der Waals surface area contributed by atoms with Crippen molar-refractivity contribution in [3.8, 4) is 0 Å². The summed E-state index contributed by atoms with van der Waals surface area (Å²) in [6, 6.07) is 6.60. The second-order valence-corrected chi connectivity index (χ2v) is 6.57. The van der Waals surface area contributed by atoms with Crippen LogP contribution >= 0.6 is 23.5 Å². The molecule has 3 rings (SSSR count). The zero-order valence-electron chi connectivity index (χ0n) is 10.5. The molecule has 0 saturated carbocycles. The highest BCUT2D eigenvalue weighted by Gasteiger charge is 2.32. The highest BCUT2D eigenvalue weighted by Crippen LogP contribution is 2.32. The highest BCUT2D eigenvalue weighted by molar-refractivity contribution is 7.99. The van der Waals surface area contributed by atoms with Crippen molar-refractivity contribution in [2.24, 2.45) is 0 Å². The second-order valence-electron chi connectivity index (χ2n) is 4.48. The summed E-state index contributed by atoms with van der Waals surface area (Å²) in [5.41, 5.74) is 0. The summed E-state index contributed by atoms with van der Waals surface area (Å²) in [6.07, 6.45) is -0.424. The van der Waals surface area contributed by atoms with E-state index in [1.165, 1.54) is 17.8 Å². The molecule has 0 radical (unpaired) electrons. The van der Waals surface area contributed by atoms with Crippen LogP contribution in [0.5, 0.6) is 0 Å². The smallest absolute Gasteiger partial charge is 0.233 e. The van der Waals surface area contributed by atoms with Crippen LogP contribution in [0.3, 0.4) is 0 Å². The molecule has 0 bridgehead atoms. The minimum absolute atomic E-state index is 0.0836. The average Bonchev–Trinajstić information content (AvgIpc) is 3.06. The van der Waals surface area contributed by atoms with Crippen molar-refractivity contribution in [2.75, 3.05) is 11.5 Å². The monoisotopic (exact) mass is 312 g/mol. The Kier molecular flexibility index (Phi) is 4.28. The van der Waals surface area contributed by atoms with Gasteiger partial charge >= 0.3 is 0 Å². The zero-order valence-corrected chi connectivity index (χ0v) is 12.2. The molecule has 20 heavy (non-hydrogen) atoms. The number of thioether (sulfide) groups is 2. The Labute approximate surface area is 124 Å². The van der Waals surface area contributed by atoms with Gasteiger partial charge < -0.3 is 9.63 Å². The summed E-state index contributed by atoms with van der Waals surface area (Å²) in [5.74, 6) is 2.61. The van der Waals surface area contributed by atoms with Crippen molar-refractivity contribution >= 4 is 23.5 Å². The number of hydrogen-bond acceptors (Lipinski definition) is 6. The van der Waals surface area contributed by atoms with Crippen LogP contribution < -0.4 is 0 Å². The average molecular weight is 312 g/mol. The van der Waals surface area contributed by atoms with Gasteiger partial charge in [0, 0.05) is 16.4 Å². The van der Waals surface area contributed by atoms with Gasteiger partial charge in [-0.15, -0.1) is 11.8 Å². The highest BCUT2D eigenvalue weighted by atomic mass is 32.2. The van der Waals surface area contributed by atoms with E-state index in [1.54, 1.807) is 30.0 Å². The predicted octanol–water partition coefficient (Wildman–Crippen LogP) is 2.69. The van der Waals surface area contributed by atoms with Crippen LogP contribution in [0.4, 0.5) is 4.39 Å². The minimum atomic E-state index is -0.424. The fourth-order valence-electron chi connectivity index (χ4n) is 1.96. The summed E-state index contributed by atoms with van der Waals surface area (Å²) >= 11 is 3.00. The topological polar surface area (TPSA) is 59.2 Å². The first kappa shape index (κ1) is 13.9. The molecule has 1 saturated heterocycles. The maximum absolute atomic E-state index is 13.5. The van der Waals surface area contributed by atoms with Gasteiger partial charge in [-0.2, -0.15) is 16.7 Å². The number of halogens is 1. The Bertz CT molecular complexity index is 593. The van der Waals surface area contributed by atoms with E-state index in [4.69, 9.17) is 4.52 Å². The SMILES string of the molecule is OC1CSCC1c1nc(CSc2ccccc2F)no1. The Morgan fingerprint density at radius 2 is 2.25 bits per heavy atom. The van der Waals surface area contributed by atoms with E-state index in [2.05, 4.69) is 10.1 Å². The predicted molar refractivity (Wildman–Crippen MR) is 76.3 cm³/mol. The summed E-state index contributed by atoms with van der Waals surface area (Å²) in [4.78, 5) is 4.86. The van der Waals surface area contributed by atoms with Gasteiger partial charge in [-0.05, 0) is 12.1 Å². The van der Waals surface area contributed by atoms with Gasteiger partial charge in [-0.3, -0.25) is 0 Å². The van der Waals surface area contributed by atoms with Gasteiger partial charge in [0.2, 0.25) is 5.89 Å². The van der Waals surface area contributed by atoms with Crippen LogP contribution in [-0.4, -0.2) is 32.9 Å². The third kappa shape index (κ3) is 2.99. The summed E-state index contributed by atoms with van der Waals surface area (Å²) in [7, 11) is 0. The molecule has 1 aliphatic heterocycles. The molecule has 1 aromatic heterocycles. The van der Waals surface area contributed by atoms with Gasteiger partial charge in [0.1, 0.15) is 5.82 Å². The molecule has 0 spiro atoms. The molecule has 2 unspecified atom stereocenters. The van der Waals surface area contributed by atoms with E-state index in [0.717, 1.165) is 5.75 Å².